The van der Waals surface area contributed by atoms with Crippen molar-refractivity contribution in [3.8, 4) is 0 Å². The van der Waals surface area contributed by atoms with Crippen LogP contribution in [0.5, 0.6) is 0 Å². The molecule has 1 saturated heterocycles. The topological polar surface area (TPSA) is 42.4 Å². The Morgan fingerprint density at radius 3 is 2.50 bits per heavy atom. The molecule has 4 nitrogen and oxygen atoms in total. The van der Waals surface area contributed by atoms with Crippen molar-refractivity contribution in [1.82, 2.24) is 4.98 Å². The van der Waals surface area contributed by atoms with Crippen molar-refractivity contribution in [2.45, 2.75) is 50.6 Å². The van der Waals surface area contributed by atoms with E-state index in [9.17, 15) is 31.1 Å². The summed E-state index contributed by atoms with van der Waals surface area (Å²) >= 11 is 0. The molecule has 4 rings (SSSR count). The van der Waals surface area contributed by atoms with Gasteiger partial charge in [-0.2, -0.15) is 26.3 Å². The van der Waals surface area contributed by atoms with Crippen molar-refractivity contribution in [2.75, 3.05) is 11.5 Å². The number of rotatable bonds is 4. The number of carbonyl (C=O) groups is 1. The molecule has 1 aliphatic heterocycles. The quantitative estimate of drug-likeness (QED) is 0.439. The Bertz CT molecular complexity index is 988. The minimum absolute atomic E-state index is 0.00371. The van der Waals surface area contributed by atoms with Crippen molar-refractivity contribution in [2.24, 2.45) is 5.92 Å². The average Bonchev–Trinajstić information content (AvgIpc) is 3.32. The lowest BCUT2D eigenvalue weighted by Gasteiger charge is -2.36. The number of aromatic nitrogens is 1. The van der Waals surface area contributed by atoms with E-state index in [2.05, 4.69) is 4.98 Å². The molecule has 2 heterocycles. The molecule has 0 amide bonds. The van der Waals surface area contributed by atoms with E-state index in [1.54, 1.807) is 18.2 Å². The summed E-state index contributed by atoms with van der Waals surface area (Å²) in [5.41, 5.74) is -1.82. The number of anilines is 1. The van der Waals surface area contributed by atoms with Gasteiger partial charge in [-0.25, -0.2) is 9.78 Å². The van der Waals surface area contributed by atoms with Crippen LogP contribution >= 0.6 is 0 Å². The van der Waals surface area contributed by atoms with E-state index < -0.39 is 41.4 Å². The fourth-order valence-electron chi connectivity index (χ4n) is 4.64. The maximum atomic E-state index is 13.3. The second-order valence-electron chi connectivity index (χ2n) is 8.26. The van der Waals surface area contributed by atoms with Gasteiger partial charge < -0.3 is 9.64 Å². The van der Waals surface area contributed by atoms with E-state index >= 15 is 0 Å². The highest BCUT2D eigenvalue weighted by Gasteiger charge is 2.48. The van der Waals surface area contributed by atoms with Gasteiger partial charge in [0.15, 0.2) is 0 Å². The molecule has 32 heavy (non-hydrogen) atoms. The summed E-state index contributed by atoms with van der Waals surface area (Å²) in [7, 11) is 0. The molecule has 0 spiro atoms. The summed E-state index contributed by atoms with van der Waals surface area (Å²) in [6, 6.07) is 6.60. The zero-order valence-electron chi connectivity index (χ0n) is 17.0. The first-order chi connectivity index (χ1) is 14.9. The Labute approximate surface area is 180 Å². The highest BCUT2D eigenvalue weighted by Crippen LogP contribution is 2.46. The van der Waals surface area contributed by atoms with Gasteiger partial charge in [0, 0.05) is 6.04 Å². The second kappa shape index (κ2) is 7.97. The Balaban J connectivity index is 1.62. The first-order valence-electron chi connectivity index (χ1n) is 10.1. The number of benzene rings is 1. The second-order valence-corrected chi connectivity index (χ2v) is 8.26. The minimum Gasteiger partial charge on any atom is -0.460 e. The zero-order valence-corrected chi connectivity index (χ0v) is 17.0. The van der Waals surface area contributed by atoms with Gasteiger partial charge in [-0.15, -0.1) is 0 Å². The number of halogens is 6. The predicted molar refractivity (Wildman–Crippen MR) is 103 cm³/mol. The van der Waals surface area contributed by atoms with Crippen LogP contribution in [0.25, 0.3) is 0 Å². The highest BCUT2D eigenvalue weighted by atomic mass is 19.4. The van der Waals surface area contributed by atoms with E-state index in [1.165, 1.54) is 4.90 Å². The van der Waals surface area contributed by atoms with Crippen LogP contribution in [0.4, 0.5) is 32.2 Å². The van der Waals surface area contributed by atoms with Crippen LogP contribution in [0.3, 0.4) is 0 Å². The first-order valence-corrected chi connectivity index (χ1v) is 10.1. The predicted octanol–water partition coefficient (Wildman–Crippen LogP) is 5.64. The van der Waals surface area contributed by atoms with Gasteiger partial charge in [0.2, 0.25) is 0 Å². The molecular weight excluding hydrogens is 438 g/mol. The molecule has 2 aliphatic rings. The Kier molecular flexibility index (Phi) is 5.58. The summed E-state index contributed by atoms with van der Waals surface area (Å²) in [4.78, 5) is 17.4. The van der Waals surface area contributed by atoms with Crippen molar-refractivity contribution < 1.29 is 35.9 Å². The summed E-state index contributed by atoms with van der Waals surface area (Å²) in [6.45, 7) is 1.67. The number of carbonyl (C=O) groups excluding carboxylic acids is 1. The van der Waals surface area contributed by atoms with E-state index in [4.69, 9.17) is 4.74 Å². The summed E-state index contributed by atoms with van der Waals surface area (Å²) in [5, 5.41) is 0. The van der Waals surface area contributed by atoms with Gasteiger partial charge >= 0.3 is 18.3 Å². The molecule has 1 saturated carbocycles. The lowest BCUT2D eigenvalue weighted by molar-refractivity contribution is -0.145. The molecule has 1 aromatic heterocycles. The van der Waals surface area contributed by atoms with Gasteiger partial charge in [0.1, 0.15) is 18.1 Å². The molecule has 0 unspecified atom stereocenters. The van der Waals surface area contributed by atoms with Crippen LogP contribution in [0, 0.1) is 12.8 Å². The maximum Gasteiger partial charge on any atom is 0.433 e. The van der Waals surface area contributed by atoms with Crippen LogP contribution in [-0.4, -0.2) is 29.6 Å². The smallest absolute Gasteiger partial charge is 0.433 e. The number of ether oxygens (including phenoxy) is 1. The number of hydrogen-bond donors (Lipinski definition) is 0. The van der Waals surface area contributed by atoms with Crippen LogP contribution in [0.1, 0.15) is 46.4 Å². The molecule has 10 heteroatoms. The van der Waals surface area contributed by atoms with Crippen LogP contribution in [0.2, 0.25) is 0 Å². The molecule has 2 aromatic rings. The van der Waals surface area contributed by atoms with Gasteiger partial charge in [0.25, 0.3) is 0 Å². The zero-order chi connectivity index (χ0) is 23.3. The van der Waals surface area contributed by atoms with Crippen molar-refractivity contribution in [3.05, 3.63) is 58.8 Å². The third-order valence-electron chi connectivity index (χ3n) is 6.07. The number of piperidine rings is 1. The fraction of sp³-hybridized carbons (Fsp3) is 0.455. The van der Waals surface area contributed by atoms with Crippen molar-refractivity contribution in [1.29, 1.82) is 0 Å². The van der Waals surface area contributed by atoms with Gasteiger partial charge in [-0.05, 0) is 56.4 Å². The molecule has 3 atom stereocenters. The normalized spacial score (nSPS) is 23.0. The average molecular weight is 458 g/mol. The molecule has 1 aromatic carbocycles. The van der Waals surface area contributed by atoms with Gasteiger partial charge in [-0.3, -0.25) is 0 Å². The standard InChI is InChI=1S/C22H20F6N2O2/c1-12-3-2-4-14(7-12)20(31)32-11-17-13-5-6-16(8-13)30(17)19-10-15(21(23,24)25)9-18(29-19)22(26,27)28/h2-4,7,9-10,13,16-17H,5-6,8,11H2,1H3/t13-,16+,17+/m0/s1. The molecular formula is C22H20F6N2O2. The minimum atomic E-state index is -5.03. The van der Waals surface area contributed by atoms with Crippen LogP contribution in [-0.2, 0) is 17.1 Å². The third kappa shape index (κ3) is 4.40. The first kappa shape index (κ1) is 22.4. The number of alkyl halides is 6. The molecule has 0 radical (unpaired) electrons. The molecule has 2 fully saturated rings. The molecule has 2 bridgehead atoms. The lowest BCUT2D eigenvalue weighted by atomic mass is 9.99. The SMILES string of the molecule is Cc1cccc(C(=O)OC[C@@H]2[C@H]3CC[C@H](C3)N2c2cc(C(F)(F)F)cc(C(F)(F)F)n2)c1. The third-order valence-corrected chi connectivity index (χ3v) is 6.07. The molecule has 172 valence electrons. The molecule has 1 aliphatic carbocycles. The van der Waals surface area contributed by atoms with E-state index in [0.29, 0.717) is 24.5 Å². The van der Waals surface area contributed by atoms with E-state index in [-0.39, 0.29) is 24.6 Å². The highest BCUT2D eigenvalue weighted by molar-refractivity contribution is 5.89. The summed E-state index contributed by atoms with van der Waals surface area (Å²) in [5.74, 6) is -0.989. The number of esters is 1. The summed E-state index contributed by atoms with van der Waals surface area (Å²) in [6.07, 6.45) is -7.98. The fourth-order valence-corrected chi connectivity index (χ4v) is 4.64. The lowest BCUT2D eigenvalue weighted by Crippen LogP contribution is -2.45. The number of aryl methyl sites for hydroxylation is 1. The van der Waals surface area contributed by atoms with Gasteiger partial charge in [-0.1, -0.05) is 17.7 Å². The van der Waals surface area contributed by atoms with Crippen LogP contribution in [0.15, 0.2) is 36.4 Å². The largest absolute Gasteiger partial charge is 0.460 e. The number of hydrogen-bond acceptors (Lipinski definition) is 4. The van der Waals surface area contributed by atoms with Crippen molar-refractivity contribution >= 4 is 11.8 Å². The number of fused-ring (bicyclic) bond motifs is 2. The maximum absolute atomic E-state index is 13.3. The Hall–Kier alpha value is -2.78. The van der Waals surface area contributed by atoms with E-state index in [1.807, 2.05) is 13.0 Å². The Morgan fingerprint density at radius 2 is 1.84 bits per heavy atom. The summed E-state index contributed by atoms with van der Waals surface area (Å²) < 4.78 is 85.1. The number of nitrogens with zero attached hydrogens (tertiary/aromatic N) is 2. The molecule has 0 N–H and O–H groups in total. The monoisotopic (exact) mass is 458 g/mol. The van der Waals surface area contributed by atoms with Gasteiger partial charge in [0.05, 0.1) is 17.2 Å². The Morgan fingerprint density at radius 1 is 1.09 bits per heavy atom. The van der Waals surface area contributed by atoms with Crippen molar-refractivity contribution in [3.63, 3.8) is 0 Å². The number of pyridine rings is 1. The van der Waals surface area contributed by atoms with E-state index in [0.717, 1.165) is 12.0 Å². The van der Waals surface area contributed by atoms with Crippen LogP contribution < -0.4 is 4.90 Å².